The number of carbonyl (C=O) groups is 1. The van der Waals surface area contributed by atoms with Gasteiger partial charge in [0, 0.05) is 6.42 Å². The van der Waals surface area contributed by atoms with E-state index in [-0.39, 0.29) is 18.9 Å². The second-order valence-electron chi connectivity index (χ2n) is 14.8. The van der Waals surface area contributed by atoms with E-state index in [4.69, 9.17) is 9.47 Å². The average molecular weight is 762 g/mol. The Morgan fingerprint density at radius 2 is 1.09 bits per heavy atom. The number of aliphatic hydroxyl groups excluding tert-OH is 5. The van der Waals surface area contributed by atoms with Gasteiger partial charge in [0.1, 0.15) is 24.4 Å². The molecule has 1 amide bonds. The molecule has 0 aliphatic carbocycles. The standard InChI is InChI=1S/C45H79NO8/c1-3-5-7-9-11-13-15-16-17-18-19-20-21-22-23-24-25-27-29-31-33-35-41(49)46-38(37-53-45-44(52)43(51)42(50)40(36-47)54-45)39(48)34-32-30-28-26-14-12-10-8-6-4-2/h14,17-18,20-21,23-24,26-27,29,38-40,42-45,47-48,50-52H,3-13,15-16,19,22,25,28,30-37H2,1-2H3,(H,46,49)/b18-17+,21-20+,24-23+,26-14+,29-27+/t38-,39+,40-,42-,43?,44?,45-/m0/s1. The lowest BCUT2D eigenvalue weighted by molar-refractivity contribution is -0.302. The molecule has 0 aromatic rings. The zero-order chi connectivity index (χ0) is 39.5. The summed E-state index contributed by atoms with van der Waals surface area (Å²) in [5, 5.41) is 54.0. The van der Waals surface area contributed by atoms with Gasteiger partial charge in [0.25, 0.3) is 0 Å². The van der Waals surface area contributed by atoms with Crippen LogP contribution in [0, 0.1) is 0 Å². The van der Waals surface area contributed by atoms with Gasteiger partial charge in [-0.3, -0.25) is 4.79 Å². The van der Waals surface area contributed by atoms with Crippen LogP contribution in [-0.4, -0.2) is 87.5 Å². The molecule has 0 radical (unpaired) electrons. The Kier molecular flexibility index (Phi) is 32.6. The third-order valence-electron chi connectivity index (χ3n) is 9.84. The summed E-state index contributed by atoms with van der Waals surface area (Å²) in [7, 11) is 0. The number of carbonyl (C=O) groups excluding carboxylic acids is 1. The Morgan fingerprint density at radius 3 is 1.65 bits per heavy atom. The van der Waals surface area contributed by atoms with E-state index in [1.807, 2.05) is 0 Å². The van der Waals surface area contributed by atoms with Crippen LogP contribution < -0.4 is 5.32 Å². The first-order valence-corrected chi connectivity index (χ1v) is 21.5. The van der Waals surface area contributed by atoms with E-state index in [0.717, 1.165) is 51.4 Å². The van der Waals surface area contributed by atoms with Gasteiger partial charge in [0.2, 0.25) is 5.91 Å². The summed E-state index contributed by atoms with van der Waals surface area (Å²) in [6.07, 6.45) is 38.2. The van der Waals surface area contributed by atoms with E-state index in [2.05, 4.69) is 79.9 Å². The molecule has 1 heterocycles. The number of allylic oxidation sites excluding steroid dienone is 10. The largest absolute Gasteiger partial charge is 0.394 e. The summed E-state index contributed by atoms with van der Waals surface area (Å²) < 4.78 is 11.2. The molecule has 1 saturated heterocycles. The van der Waals surface area contributed by atoms with E-state index in [1.165, 1.54) is 77.0 Å². The quantitative estimate of drug-likeness (QED) is 0.0283. The van der Waals surface area contributed by atoms with Crippen LogP contribution in [0.4, 0.5) is 0 Å². The highest BCUT2D eigenvalue weighted by atomic mass is 16.7. The van der Waals surface area contributed by atoms with E-state index < -0.39 is 49.5 Å². The Hall–Kier alpha value is -2.11. The molecule has 1 rings (SSSR count). The number of hydrogen-bond acceptors (Lipinski definition) is 8. The number of amides is 1. The molecule has 0 bridgehead atoms. The third kappa shape index (κ3) is 25.9. The third-order valence-corrected chi connectivity index (χ3v) is 9.84. The summed E-state index contributed by atoms with van der Waals surface area (Å²) in [6, 6.07) is -0.764. The van der Waals surface area contributed by atoms with E-state index >= 15 is 0 Å². The van der Waals surface area contributed by atoms with E-state index in [0.29, 0.717) is 12.8 Å². The molecule has 54 heavy (non-hydrogen) atoms. The summed E-state index contributed by atoms with van der Waals surface area (Å²) in [6.45, 7) is 3.72. The fraction of sp³-hybridized carbons (Fsp3) is 0.756. The van der Waals surface area contributed by atoms with Crippen LogP contribution in [0.2, 0.25) is 0 Å². The highest BCUT2D eigenvalue weighted by Crippen LogP contribution is 2.22. The van der Waals surface area contributed by atoms with Crippen LogP contribution in [0.25, 0.3) is 0 Å². The van der Waals surface area contributed by atoms with Crippen LogP contribution in [0.5, 0.6) is 0 Å². The van der Waals surface area contributed by atoms with Crippen molar-refractivity contribution in [3.8, 4) is 0 Å². The summed E-state index contributed by atoms with van der Waals surface area (Å²) in [5.41, 5.74) is 0. The first-order valence-electron chi connectivity index (χ1n) is 21.5. The number of aliphatic hydroxyl groups is 5. The molecule has 9 nitrogen and oxygen atoms in total. The molecular formula is C45H79NO8. The van der Waals surface area contributed by atoms with Gasteiger partial charge in [-0.2, -0.15) is 0 Å². The summed E-state index contributed by atoms with van der Waals surface area (Å²) >= 11 is 0. The first kappa shape index (κ1) is 49.9. The molecule has 2 unspecified atom stereocenters. The molecule has 9 heteroatoms. The van der Waals surface area contributed by atoms with Gasteiger partial charge in [-0.1, -0.05) is 139 Å². The van der Waals surface area contributed by atoms with Gasteiger partial charge in [0.05, 0.1) is 25.4 Å². The lowest BCUT2D eigenvalue weighted by Gasteiger charge is -2.40. The van der Waals surface area contributed by atoms with Crippen molar-refractivity contribution in [1.82, 2.24) is 5.32 Å². The van der Waals surface area contributed by atoms with Crippen molar-refractivity contribution in [3.63, 3.8) is 0 Å². The van der Waals surface area contributed by atoms with Gasteiger partial charge in [-0.05, 0) is 77.0 Å². The lowest BCUT2D eigenvalue weighted by Crippen LogP contribution is -2.60. The Morgan fingerprint density at radius 1 is 0.630 bits per heavy atom. The van der Waals surface area contributed by atoms with Crippen LogP contribution in [-0.2, 0) is 14.3 Å². The highest BCUT2D eigenvalue weighted by Gasteiger charge is 2.44. The van der Waals surface area contributed by atoms with Crippen molar-refractivity contribution in [2.45, 2.75) is 204 Å². The van der Waals surface area contributed by atoms with E-state index in [1.54, 1.807) is 0 Å². The smallest absolute Gasteiger partial charge is 0.220 e. The lowest BCUT2D eigenvalue weighted by atomic mass is 9.99. The molecule has 1 aliphatic rings. The van der Waals surface area contributed by atoms with Gasteiger partial charge in [-0.25, -0.2) is 0 Å². The molecule has 7 atom stereocenters. The topological polar surface area (TPSA) is 149 Å². The maximum absolute atomic E-state index is 12.9. The molecular weight excluding hydrogens is 682 g/mol. The minimum atomic E-state index is -1.57. The number of ether oxygens (including phenoxy) is 2. The van der Waals surface area contributed by atoms with Crippen molar-refractivity contribution in [2.24, 2.45) is 0 Å². The van der Waals surface area contributed by atoms with Crippen LogP contribution in [0.15, 0.2) is 60.8 Å². The molecule has 6 N–H and O–H groups in total. The fourth-order valence-electron chi connectivity index (χ4n) is 6.32. The predicted octanol–water partition coefficient (Wildman–Crippen LogP) is 8.44. The van der Waals surface area contributed by atoms with Gasteiger partial charge in [0.15, 0.2) is 6.29 Å². The van der Waals surface area contributed by atoms with Gasteiger partial charge < -0.3 is 40.3 Å². The zero-order valence-corrected chi connectivity index (χ0v) is 34.0. The summed E-state index contributed by atoms with van der Waals surface area (Å²) in [5.74, 6) is -0.213. The minimum Gasteiger partial charge on any atom is -0.394 e. The molecule has 1 fully saturated rings. The highest BCUT2D eigenvalue weighted by molar-refractivity contribution is 5.76. The van der Waals surface area contributed by atoms with Crippen molar-refractivity contribution in [1.29, 1.82) is 0 Å². The maximum atomic E-state index is 12.9. The SMILES string of the molecule is CCCCCC/C=C/CCCC[C@@H](O)[C@H](CO[C@H]1O[C@@H](CO)[C@H](O)C(O)C1O)NC(=O)CCC/C=C/C/C=C/C/C=C/C/C=C/CCCCCCCCC. The Bertz CT molecular complexity index is 1030. The van der Waals surface area contributed by atoms with Crippen LogP contribution in [0.3, 0.4) is 0 Å². The zero-order valence-electron chi connectivity index (χ0n) is 34.0. The van der Waals surface area contributed by atoms with Crippen LogP contribution in [0.1, 0.15) is 162 Å². The van der Waals surface area contributed by atoms with Crippen LogP contribution >= 0.6 is 0 Å². The Labute approximate surface area is 328 Å². The van der Waals surface area contributed by atoms with Crippen molar-refractivity contribution in [2.75, 3.05) is 13.2 Å². The minimum absolute atomic E-state index is 0.176. The molecule has 1 aliphatic heterocycles. The predicted molar refractivity (Wildman–Crippen MR) is 221 cm³/mol. The number of hydrogen-bond donors (Lipinski definition) is 6. The monoisotopic (exact) mass is 762 g/mol. The molecule has 0 saturated carbocycles. The number of nitrogens with one attached hydrogen (secondary N) is 1. The van der Waals surface area contributed by atoms with Crippen molar-refractivity contribution < 1.29 is 39.8 Å². The summed E-state index contributed by atoms with van der Waals surface area (Å²) in [4.78, 5) is 12.9. The number of rotatable bonds is 34. The molecule has 312 valence electrons. The average Bonchev–Trinajstić information content (AvgIpc) is 3.17. The Balaban J connectivity index is 2.39. The van der Waals surface area contributed by atoms with Crippen molar-refractivity contribution in [3.05, 3.63) is 60.8 Å². The van der Waals surface area contributed by atoms with Crippen molar-refractivity contribution >= 4 is 5.91 Å². The number of unbranched alkanes of at least 4 members (excludes halogenated alkanes) is 14. The normalized spacial score (nSPS) is 22.1. The second-order valence-corrected chi connectivity index (χ2v) is 14.8. The molecule has 0 spiro atoms. The first-order chi connectivity index (χ1) is 26.3. The molecule has 0 aromatic carbocycles. The van der Waals surface area contributed by atoms with Gasteiger partial charge in [-0.15, -0.1) is 0 Å². The molecule has 0 aromatic heterocycles. The maximum Gasteiger partial charge on any atom is 0.220 e. The second kappa shape index (κ2) is 35.3. The van der Waals surface area contributed by atoms with Gasteiger partial charge >= 0.3 is 0 Å². The fourth-order valence-corrected chi connectivity index (χ4v) is 6.32. The van der Waals surface area contributed by atoms with E-state index in [9.17, 15) is 30.3 Å².